The van der Waals surface area contributed by atoms with E-state index in [1.807, 2.05) is 13.0 Å². The van der Waals surface area contributed by atoms with Crippen molar-refractivity contribution >= 4 is 23.0 Å². The highest BCUT2D eigenvalue weighted by Gasteiger charge is 2.30. The van der Waals surface area contributed by atoms with Gasteiger partial charge in [-0.25, -0.2) is 8.78 Å². The highest BCUT2D eigenvalue weighted by Crippen LogP contribution is 2.33. The number of carbonyl (C=O) groups excluding carboxylic acids is 1. The molecule has 1 saturated heterocycles. The maximum atomic E-state index is 14.4. The lowest BCUT2D eigenvalue weighted by molar-refractivity contribution is -0.137. The molecule has 0 saturated carbocycles. The summed E-state index contributed by atoms with van der Waals surface area (Å²) >= 11 is 0. The second-order valence-corrected chi connectivity index (χ2v) is 8.88. The van der Waals surface area contributed by atoms with Gasteiger partial charge < -0.3 is 15.5 Å². The molecule has 35 heavy (non-hydrogen) atoms. The zero-order valence-corrected chi connectivity index (χ0v) is 19.8. The molecule has 9 heteroatoms. The van der Waals surface area contributed by atoms with Gasteiger partial charge >= 0.3 is 6.18 Å². The van der Waals surface area contributed by atoms with E-state index in [0.29, 0.717) is 35.6 Å². The third-order valence-electron chi connectivity index (χ3n) is 6.13. The van der Waals surface area contributed by atoms with Crippen molar-refractivity contribution in [1.82, 2.24) is 0 Å². The fourth-order valence-corrected chi connectivity index (χ4v) is 4.07. The first-order valence-corrected chi connectivity index (χ1v) is 12.1. The van der Waals surface area contributed by atoms with Crippen molar-refractivity contribution in [2.75, 3.05) is 28.6 Å². The zero-order chi connectivity index (χ0) is 25.4. The number of piperidine rings is 1. The van der Waals surface area contributed by atoms with Gasteiger partial charge in [0.15, 0.2) is 0 Å². The van der Waals surface area contributed by atoms with Crippen molar-refractivity contribution < 1.29 is 26.7 Å². The van der Waals surface area contributed by atoms with Crippen LogP contribution in [0.15, 0.2) is 42.5 Å². The fourth-order valence-electron chi connectivity index (χ4n) is 4.07. The summed E-state index contributed by atoms with van der Waals surface area (Å²) in [5.74, 6) is -1.00. The summed E-state index contributed by atoms with van der Waals surface area (Å²) in [6.45, 7) is 3.72. The number of nitrogens with zero attached hydrogens (tertiary/aromatic N) is 1. The number of benzene rings is 2. The molecular weight excluding hydrogens is 465 g/mol. The number of hydrogen-bond donors (Lipinski definition) is 2. The summed E-state index contributed by atoms with van der Waals surface area (Å²) in [7, 11) is 0. The minimum Gasteiger partial charge on any atom is -0.381 e. The summed E-state index contributed by atoms with van der Waals surface area (Å²) in [5, 5.41) is 5.75. The van der Waals surface area contributed by atoms with E-state index in [4.69, 9.17) is 0 Å². The Balaban J connectivity index is 1.73. The maximum absolute atomic E-state index is 14.4. The van der Waals surface area contributed by atoms with Crippen LogP contribution in [0.1, 0.15) is 56.6 Å². The standard InChI is InChI=1S/C26H32F5N3O/c1-2-3-7-21(27)24(28)25(35)33-22-13-12-20(16-23(22)34-14-5-4-6-15-34)32-17-18-8-10-19(11-9-18)26(29,30)31/h8-13,16,21,24,32H,2-7,14-15,17H2,1H3,(H,33,35). The lowest BCUT2D eigenvalue weighted by atomic mass is 10.1. The van der Waals surface area contributed by atoms with Gasteiger partial charge in [0.2, 0.25) is 6.17 Å². The molecule has 1 heterocycles. The second-order valence-electron chi connectivity index (χ2n) is 8.88. The molecule has 0 aromatic heterocycles. The Labute approximate surface area is 202 Å². The van der Waals surface area contributed by atoms with Crippen LogP contribution in [-0.4, -0.2) is 31.3 Å². The van der Waals surface area contributed by atoms with E-state index >= 15 is 0 Å². The molecule has 4 nitrogen and oxygen atoms in total. The number of rotatable bonds is 10. The molecule has 192 valence electrons. The molecule has 2 aromatic carbocycles. The zero-order valence-electron chi connectivity index (χ0n) is 19.8. The minimum atomic E-state index is -4.38. The predicted octanol–water partition coefficient (Wildman–Crippen LogP) is 7.11. The van der Waals surface area contributed by atoms with Crippen LogP contribution < -0.4 is 15.5 Å². The van der Waals surface area contributed by atoms with Crippen molar-refractivity contribution in [3.8, 4) is 0 Å². The molecule has 0 aliphatic carbocycles. The van der Waals surface area contributed by atoms with E-state index in [0.717, 1.165) is 50.9 Å². The fraction of sp³-hybridized carbons (Fsp3) is 0.500. The topological polar surface area (TPSA) is 44.4 Å². The van der Waals surface area contributed by atoms with Gasteiger partial charge in [0.05, 0.1) is 16.9 Å². The van der Waals surface area contributed by atoms with E-state index in [-0.39, 0.29) is 6.42 Å². The maximum Gasteiger partial charge on any atom is 0.416 e. The smallest absolute Gasteiger partial charge is 0.381 e. The minimum absolute atomic E-state index is 0.00310. The van der Waals surface area contributed by atoms with Crippen LogP contribution in [0.2, 0.25) is 0 Å². The van der Waals surface area contributed by atoms with E-state index in [2.05, 4.69) is 15.5 Å². The van der Waals surface area contributed by atoms with Gasteiger partial charge in [-0.3, -0.25) is 4.79 Å². The van der Waals surface area contributed by atoms with Gasteiger partial charge in [0.1, 0.15) is 6.17 Å². The number of amides is 1. The summed E-state index contributed by atoms with van der Waals surface area (Å²) in [6.07, 6.45) is -4.20. The number of anilines is 3. The Morgan fingerprint density at radius 3 is 2.34 bits per heavy atom. The van der Waals surface area contributed by atoms with Gasteiger partial charge in [0.25, 0.3) is 5.91 Å². The number of unbranched alkanes of at least 4 members (excludes halogenated alkanes) is 1. The molecule has 3 rings (SSSR count). The molecule has 2 aromatic rings. The van der Waals surface area contributed by atoms with E-state index in [1.54, 1.807) is 12.1 Å². The van der Waals surface area contributed by atoms with Crippen LogP contribution in [-0.2, 0) is 17.5 Å². The molecular formula is C26H32F5N3O. The van der Waals surface area contributed by atoms with Gasteiger partial charge in [-0.1, -0.05) is 31.9 Å². The van der Waals surface area contributed by atoms with Crippen molar-refractivity contribution in [2.24, 2.45) is 0 Å². The lowest BCUT2D eigenvalue weighted by Gasteiger charge is -2.31. The Bertz CT molecular complexity index is 958. The quantitative estimate of drug-likeness (QED) is 0.344. The largest absolute Gasteiger partial charge is 0.416 e. The van der Waals surface area contributed by atoms with E-state index in [9.17, 15) is 26.7 Å². The first-order valence-electron chi connectivity index (χ1n) is 12.1. The summed E-state index contributed by atoms with van der Waals surface area (Å²) < 4.78 is 66.8. The molecule has 0 spiro atoms. The normalized spacial score (nSPS) is 16.0. The average Bonchev–Trinajstić information content (AvgIpc) is 2.86. The predicted molar refractivity (Wildman–Crippen MR) is 129 cm³/mol. The summed E-state index contributed by atoms with van der Waals surface area (Å²) in [6, 6.07) is 10.1. The van der Waals surface area contributed by atoms with Crippen LogP contribution in [0.4, 0.5) is 39.0 Å². The van der Waals surface area contributed by atoms with Crippen LogP contribution in [0.3, 0.4) is 0 Å². The van der Waals surface area contributed by atoms with E-state index < -0.39 is 30.0 Å². The molecule has 1 aliphatic heterocycles. The van der Waals surface area contributed by atoms with Gasteiger partial charge in [-0.05, 0) is 61.6 Å². The molecule has 1 fully saturated rings. The highest BCUT2D eigenvalue weighted by atomic mass is 19.4. The van der Waals surface area contributed by atoms with Crippen LogP contribution >= 0.6 is 0 Å². The van der Waals surface area contributed by atoms with Crippen LogP contribution in [0, 0.1) is 0 Å². The Hall–Kier alpha value is -2.84. The molecule has 1 aliphatic rings. The van der Waals surface area contributed by atoms with Crippen molar-refractivity contribution in [3.63, 3.8) is 0 Å². The molecule has 1 amide bonds. The Kier molecular flexibility index (Phi) is 9.34. The number of carbonyl (C=O) groups is 1. The Morgan fingerprint density at radius 2 is 1.71 bits per heavy atom. The molecule has 0 bridgehead atoms. The van der Waals surface area contributed by atoms with Crippen molar-refractivity contribution in [3.05, 3.63) is 53.6 Å². The highest BCUT2D eigenvalue weighted by molar-refractivity contribution is 5.98. The average molecular weight is 498 g/mol. The molecule has 2 unspecified atom stereocenters. The third-order valence-corrected chi connectivity index (χ3v) is 6.13. The van der Waals surface area contributed by atoms with Crippen LogP contribution in [0.5, 0.6) is 0 Å². The van der Waals surface area contributed by atoms with Crippen molar-refractivity contribution in [1.29, 1.82) is 0 Å². The molecule has 2 atom stereocenters. The number of nitrogens with one attached hydrogen (secondary N) is 2. The monoisotopic (exact) mass is 497 g/mol. The summed E-state index contributed by atoms with van der Waals surface area (Å²) in [4.78, 5) is 14.5. The van der Waals surface area contributed by atoms with Crippen molar-refractivity contribution in [2.45, 2.75) is 70.5 Å². The van der Waals surface area contributed by atoms with Crippen LogP contribution in [0.25, 0.3) is 0 Å². The number of alkyl halides is 5. The molecule has 0 radical (unpaired) electrons. The van der Waals surface area contributed by atoms with E-state index in [1.165, 1.54) is 12.1 Å². The first kappa shape index (κ1) is 26.8. The number of hydrogen-bond acceptors (Lipinski definition) is 3. The summed E-state index contributed by atoms with van der Waals surface area (Å²) in [5.41, 5.74) is 1.78. The third kappa shape index (κ3) is 7.57. The SMILES string of the molecule is CCCCC(F)C(F)C(=O)Nc1ccc(NCc2ccc(C(F)(F)F)cc2)cc1N1CCCCC1. The van der Waals surface area contributed by atoms with Gasteiger partial charge in [-0.2, -0.15) is 13.2 Å². The number of halogens is 5. The Morgan fingerprint density at radius 1 is 1.03 bits per heavy atom. The van der Waals surface area contributed by atoms with Gasteiger partial charge in [-0.15, -0.1) is 0 Å². The second kappa shape index (κ2) is 12.2. The lowest BCUT2D eigenvalue weighted by Crippen LogP contribution is -2.34. The first-order chi connectivity index (χ1) is 16.7. The van der Waals surface area contributed by atoms with Gasteiger partial charge in [0, 0.05) is 25.3 Å². The molecule has 2 N–H and O–H groups in total.